The number of nitrogens with one attached hydrogen (secondary N) is 1. The lowest BCUT2D eigenvalue weighted by Crippen LogP contribution is -2.45. The van der Waals surface area contributed by atoms with Crippen LogP contribution in [-0.4, -0.2) is 28.5 Å². The van der Waals surface area contributed by atoms with Crippen LogP contribution in [0.15, 0.2) is 0 Å². The quantitative estimate of drug-likeness (QED) is 0.649. The molecule has 1 fully saturated rings. The van der Waals surface area contributed by atoms with Gasteiger partial charge in [0.1, 0.15) is 0 Å². The molecule has 4 heteroatoms. The van der Waals surface area contributed by atoms with Gasteiger partial charge in [0.2, 0.25) is 0 Å². The Morgan fingerprint density at radius 2 is 2.14 bits per heavy atom. The van der Waals surface area contributed by atoms with E-state index in [-0.39, 0.29) is 18.1 Å². The van der Waals surface area contributed by atoms with E-state index in [2.05, 4.69) is 5.32 Å². The van der Waals surface area contributed by atoms with Gasteiger partial charge in [-0.05, 0) is 19.3 Å². The fourth-order valence-electron chi connectivity index (χ4n) is 2.26. The average Bonchev–Trinajstić information content (AvgIpc) is 2.16. The van der Waals surface area contributed by atoms with Gasteiger partial charge in [0.25, 0.3) is 0 Å². The Bertz CT molecular complexity index is 196. The molecule has 0 spiro atoms. The third-order valence-corrected chi connectivity index (χ3v) is 3.04. The van der Waals surface area contributed by atoms with Gasteiger partial charge in [0, 0.05) is 12.0 Å². The molecule has 1 aliphatic carbocycles. The highest BCUT2D eigenvalue weighted by Crippen LogP contribution is 2.28. The largest absolute Gasteiger partial charge is 0.465 e. The molecular weight excluding hydrogens is 182 g/mol. The van der Waals surface area contributed by atoms with E-state index in [1.807, 2.05) is 6.92 Å². The zero-order chi connectivity index (χ0) is 10.6. The topological polar surface area (TPSA) is 69.6 Å². The van der Waals surface area contributed by atoms with Crippen LogP contribution in [0.4, 0.5) is 4.79 Å². The Morgan fingerprint density at radius 3 is 2.71 bits per heavy atom. The third-order valence-electron chi connectivity index (χ3n) is 3.04. The number of rotatable bonds is 3. The molecule has 1 rings (SSSR count). The summed E-state index contributed by atoms with van der Waals surface area (Å²) in [7, 11) is 0. The summed E-state index contributed by atoms with van der Waals surface area (Å²) >= 11 is 0. The molecule has 1 saturated carbocycles. The first-order chi connectivity index (χ1) is 6.65. The SMILES string of the molecule is CCC(O)C1CCCCC1NC(=O)O. The summed E-state index contributed by atoms with van der Waals surface area (Å²) in [6.07, 6.45) is 3.28. The summed E-state index contributed by atoms with van der Waals surface area (Å²) in [6, 6.07) is -0.0591. The van der Waals surface area contributed by atoms with E-state index in [0.29, 0.717) is 6.42 Å². The van der Waals surface area contributed by atoms with Gasteiger partial charge in [-0.15, -0.1) is 0 Å². The highest BCUT2D eigenvalue weighted by atomic mass is 16.4. The molecule has 0 aromatic carbocycles. The minimum Gasteiger partial charge on any atom is -0.465 e. The number of hydrogen-bond acceptors (Lipinski definition) is 2. The maximum absolute atomic E-state index is 10.5. The number of hydrogen-bond donors (Lipinski definition) is 3. The van der Waals surface area contributed by atoms with Crippen LogP contribution in [0, 0.1) is 5.92 Å². The summed E-state index contributed by atoms with van der Waals surface area (Å²) in [5.74, 6) is 0.102. The Labute approximate surface area is 84.3 Å². The van der Waals surface area contributed by atoms with E-state index in [0.717, 1.165) is 25.7 Å². The standard InChI is InChI=1S/C10H19NO3/c1-2-9(12)7-5-3-4-6-8(7)11-10(13)14/h7-9,11-12H,2-6H2,1H3,(H,13,14). The zero-order valence-electron chi connectivity index (χ0n) is 8.57. The molecule has 0 aromatic heterocycles. The van der Waals surface area contributed by atoms with E-state index in [9.17, 15) is 9.90 Å². The van der Waals surface area contributed by atoms with Gasteiger partial charge in [0.15, 0.2) is 0 Å². The highest BCUT2D eigenvalue weighted by molar-refractivity contribution is 5.64. The average molecular weight is 201 g/mol. The van der Waals surface area contributed by atoms with Crippen molar-refractivity contribution in [2.24, 2.45) is 5.92 Å². The normalized spacial score (nSPS) is 29.6. The molecule has 82 valence electrons. The molecule has 0 saturated heterocycles. The molecule has 0 radical (unpaired) electrons. The van der Waals surface area contributed by atoms with Crippen molar-refractivity contribution >= 4 is 6.09 Å². The minimum absolute atomic E-state index is 0.0591. The number of aliphatic hydroxyl groups excluding tert-OH is 1. The Kier molecular flexibility index (Phi) is 4.20. The summed E-state index contributed by atoms with van der Waals surface area (Å²) < 4.78 is 0. The Hall–Kier alpha value is -0.770. The molecule has 1 amide bonds. The lowest BCUT2D eigenvalue weighted by Gasteiger charge is -2.34. The fraction of sp³-hybridized carbons (Fsp3) is 0.900. The van der Waals surface area contributed by atoms with Gasteiger partial charge >= 0.3 is 6.09 Å². The smallest absolute Gasteiger partial charge is 0.404 e. The first-order valence-electron chi connectivity index (χ1n) is 5.32. The van der Waals surface area contributed by atoms with E-state index in [4.69, 9.17) is 5.11 Å². The van der Waals surface area contributed by atoms with E-state index < -0.39 is 6.09 Å². The number of amides is 1. The molecule has 14 heavy (non-hydrogen) atoms. The predicted molar refractivity (Wildman–Crippen MR) is 53.2 cm³/mol. The van der Waals surface area contributed by atoms with Crippen LogP contribution in [0.1, 0.15) is 39.0 Å². The summed E-state index contributed by atoms with van der Waals surface area (Å²) in [6.45, 7) is 1.93. The predicted octanol–water partition coefficient (Wildman–Crippen LogP) is 1.58. The van der Waals surface area contributed by atoms with Gasteiger partial charge in [-0.25, -0.2) is 4.79 Å². The van der Waals surface area contributed by atoms with Gasteiger partial charge in [-0.2, -0.15) is 0 Å². The molecule has 0 bridgehead atoms. The van der Waals surface area contributed by atoms with E-state index in [1.165, 1.54) is 0 Å². The van der Waals surface area contributed by atoms with Crippen LogP contribution >= 0.6 is 0 Å². The molecule has 3 N–H and O–H groups in total. The van der Waals surface area contributed by atoms with Crippen molar-refractivity contribution in [3.05, 3.63) is 0 Å². The third kappa shape index (κ3) is 2.87. The van der Waals surface area contributed by atoms with Crippen molar-refractivity contribution in [1.29, 1.82) is 0 Å². The first-order valence-corrected chi connectivity index (χ1v) is 5.32. The number of carbonyl (C=O) groups is 1. The summed E-state index contributed by atoms with van der Waals surface area (Å²) in [4.78, 5) is 10.5. The second-order valence-corrected chi connectivity index (χ2v) is 3.98. The molecule has 1 aliphatic rings. The van der Waals surface area contributed by atoms with Gasteiger partial charge in [0.05, 0.1) is 6.10 Å². The lowest BCUT2D eigenvalue weighted by molar-refractivity contribution is 0.0593. The van der Waals surface area contributed by atoms with Gasteiger partial charge in [-0.3, -0.25) is 0 Å². The summed E-state index contributed by atoms with van der Waals surface area (Å²) in [5.41, 5.74) is 0. The van der Waals surface area contributed by atoms with Crippen molar-refractivity contribution in [3.8, 4) is 0 Å². The van der Waals surface area contributed by atoms with Crippen LogP contribution in [-0.2, 0) is 0 Å². The molecule has 0 heterocycles. The van der Waals surface area contributed by atoms with Crippen LogP contribution in [0.3, 0.4) is 0 Å². The molecule has 3 atom stereocenters. The van der Waals surface area contributed by atoms with Gasteiger partial charge < -0.3 is 15.5 Å². The van der Waals surface area contributed by atoms with Crippen molar-refractivity contribution in [3.63, 3.8) is 0 Å². The van der Waals surface area contributed by atoms with Gasteiger partial charge in [-0.1, -0.05) is 19.8 Å². The maximum atomic E-state index is 10.5. The molecule has 0 aliphatic heterocycles. The summed E-state index contributed by atoms with van der Waals surface area (Å²) in [5, 5.41) is 20.9. The van der Waals surface area contributed by atoms with E-state index >= 15 is 0 Å². The fourth-order valence-corrected chi connectivity index (χ4v) is 2.26. The lowest BCUT2D eigenvalue weighted by atomic mass is 9.80. The second-order valence-electron chi connectivity index (χ2n) is 3.98. The monoisotopic (exact) mass is 201 g/mol. The van der Waals surface area contributed by atoms with Crippen molar-refractivity contribution in [1.82, 2.24) is 5.32 Å². The maximum Gasteiger partial charge on any atom is 0.404 e. The van der Waals surface area contributed by atoms with E-state index in [1.54, 1.807) is 0 Å². The molecule has 4 nitrogen and oxygen atoms in total. The number of carboxylic acid groups (broad SMARTS) is 1. The van der Waals surface area contributed by atoms with Crippen LogP contribution in [0.25, 0.3) is 0 Å². The zero-order valence-corrected chi connectivity index (χ0v) is 8.57. The van der Waals surface area contributed by atoms with Crippen LogP contribution in [0.2, 0.25) is 0 Å². The molecule has 3 unspecified atom stereocenters. The van der Waals surface area contributed by atoms with Crippen LogP contribution < -0.4 is 5.32 Å². The van der Waals surface area contributed by atoms with Crippen molar-refractivity contribution < 1.29 is 15.0 Å². The Morgan fingerprint density at radius 1 is 1.50 bits per heavy atom. The van der Waals surface area contributed by atoms with Crippen molar-refractivity contribution in [2.45, 2.75) is 51.2 Å². The highest BCUT2D eigenvalue weighted by Gasteiger charge is 2.30. The first kappa shape index (κ1) is 11.3. The van der Waals surface area contributed by atoms with Crippen molar-refractivity contribution in [2.75, 3.05) is 0 Å². The van der Waals surface area contributed by atoms with Crippen LogP contribution in [0.5, 0.6) is 0 Å². The minimum atomic E-state index is -0.981. The molecule has 0 aromatic rings. The second kappa shape index (κ2) is 5.20. The number of aliphatic hydroxyl groups is 1. The Balaban J connectivity index is 2.54. The molecular formula is C10H19NO3.